The molecule has 0 unspecified atom stereocenters. The first-order valence-electron chi connectivity index (χ1n) is 10.8. The van der Waals surface area contributed by atoms with Crippen LogP contribution >= 0.6 is 35.3 Å². The number of ether oxygens (including phenoxy) is 1. The molecule has 1 aliphatic rings. The molecule has 1 saturated heterocycles. The molecule has 1 aliphatic heterocycles. The maximum Gasteiger partial charge on any atom is 0.350 e. The first-order chi connectivity index (χ1) is 16.1. The highest BCUT2D eigenvalue weighted by atomic mass is 35.5. The smallest absolute Gasteiger partial charge is 0.350 e. The number of methoxy groups -OCH3 is 1. The zero-order valence-corrected chi connectivity index (χ0v) is 20.9. The van der Waals surface area contributed by atoms with Gasteiger partial charge in [0.15, 0.2) is 0 Å². The van der Waals surface area contributed by atoms with E-state index >= 15 is 0 Å². The number of fused-ring (bicyclic) bond motifs is 3. The number of aliphatic imine (C=N–C) groups is 1. The van der Waals surface area contributed by atoms with Crippen molar-refractivity contribution in [2.24, 2.45) is 4.99 Å². The fourth-order valence-electron chi connectivity index (χ4n) is 4.29. The Labute approximate surface area is 211 Å². The number of likely N-dealkylation sites (tertiary alicyclic amines) is 1. The van der Waals surface area contributed by atoms with Crippen LogP contribution in [0, 0.1) is 0 Å². The molecule has 4 aromatic rings. The SMILES string of the molecule is COC(=O)c1sc2c(c1N=CN1CCCCC1)c1ccccc1c(=O)n2-c1ccccc1Cl.Cl. The molecule has 176 valence electrons. The molecule has 0 radical (unpaired) electrons. The Morgan fingerprint density at radius 2 is 1.74 bits per heavy atom. The minimum atomic E-state index is -0.482. The molecule has 0 spiro atoms. The van der Waals surface area contributed by atoms with E-state index in [2.05, 4.69) is 4.90 Å². The van der Waals surface area contributed by atoms with Gasteiger partial charge in [0, 0.05) is 23.9 Å². The minimum absolute atomic E-state index is 0. The fourth-order valence-corrected chi connectivity index (χ4v) is 5.70. The average Bonchev–Trinajstić information content (AvgIpc) is 3.23. The summed E-state index contributed by atoms with van der Waals surface area (Å²) < 4.78 is 6.66. The number of rotatable bonds is 4. The lowest BCUT2D eigenvalue weighted by molar-refractivity contribution is 0.0607. The summed E-state index contributed by atoms with van der Waals surface area (Å²) in [5, 5.41) is 2.47. The van der Waals surface area contributed by atoms with E-state index in [4.69, 9.17) is 21.3 Å². The molecule has 0 bridgehead atoms. The molecule has 9 heteroatoms. The Hall–Kier alpha value is -2.87. The summed E-state index contributed by atoms with van der Waals surface area (Å²) in [6.45, 7) is 1.87. The number of para-hydroxylation sites is 1. The second-order valence-corrected chi connectivity index (χ2v) is 9.34. The van der Waals surface area contributed by atoms with Gasteiger partial charge < -0.3 is 9.64 Å². The molecule has 0 aliphatic carbocycles. The van der Waals surface area contributed by atoms with E-state index in [1.807, 2.05) is 36.7 Å². The third-order valence-corrected chi connectivity index (χ3v) is 7.37. The summed E-state index contributed by atoms with van der Waals surface area (Å²) in [5.74, 6) is -0.482. The van der Waals surface area contributed by atoms with Gasteiger partial charge in [-0.2, -0.15) is 0 Å². The van der Waals surface area contributed by atoms with E-state index < -0.39 is 5.97 Å². The highest BCUT2D eigenvalue weighted by molar-refractivity contribution is 7.21. The second kappa shape index (κ2) is 10.2. The lowest BCUT2D eigenvalue weighted by atomic mass is 10.1. The molecule has 0 amide bonds. The Kier molecular flexibility index (Phi) is 7.26. The van der Waals surface area contributed by atoms with Crippen LogP contribution in [-0.4, -0.2) is 42.0 Å². The van der Waals surface area contributed by atoms with Crippen LogP contribution in [0.2, 0.25) is 5.02 Å². The zero-order valence-electron chi connectivity index (χ0n) is 18.5. The maximum atomic E-state index is 13.6. The van der Waals surface area contributed by atoms with E-state index in [1.165, 1.54) is 24.9 Å². The summed E-state index contributed by atoms with van der Waals surface area (Å²) in [6.07, 6.45) is 5.27. The Balaban J connectivity index is 0.00000274. The van der Waals surface area contributed by atoms with Gasteiger partial charge in [-0.05, 0) is 42.8 Å². The molecule has 2 aromatic heterocycles. The summed E-state index contributed by atoms with van der Waals surface area (Å²) in [7, 11) is 1.35. The second-order valence-electron chi connectivity index (χ2n) is 7.93. The minimum Gasteiger partial charge on any atom is -0.465 e. The third-order valence-electron chi connectivity index (χ3n) is 5.90. The van der Waals surface area contributed by atoms with Crippen LogP contribution < -0.4 is 5.56 Å². The Bertz CT molecular complexity index is 1460. The molecule has 3 heterocycles. The number of nitrogens with zero attached hydrogens (tertiary/aromatic N) is 3. The molecule has 2 aromatic carbocycles. The normalized spacial score (nSPS) is 14.0. The van der Waals surface area contributed by atoms with Gasteiger partial charge in [0.05, 0.1) is 24.2 Å². The highest BCUT2D eigenvalue weighted by Gasteiger charge is 2.25. The molecule has 0 N–H and O–H groups in total. The fraction of sp³-hybridized carbons (Fsp3) is 0.240. The van der Waals surface area contributed by atoms with Crippen molar-refractivity contribution < 1.29 is 9.53 Å². The van der Waals surface area contributed by atoms with Crippen LogP contribution in [0.25, 0.3) is 26.7 Å². The molecular formula is C25H23Cl2N3O3S. The Morgan fingerprint density at radius 1 is 1.06 bits per heavy atom. The molecule has 0 saturated carbocycles. The van der Waals surface area contributed by atoms with E-state index in [0.29, 0.717) is 31.5 Å². The van der Waals surface area contributed by atoms with Crippen molar-refractivity contribution in [2.75, 3.05) is 20.2 Å². The molecule has 34 heavy (non-hydrogen) atoms. The van der Waals surface area contributed by atoms with Crippen LogP contribution in [0.1, 0.15) is 28.9 Å². The van der Waals surface area contributed by atoms with Crippen molar-refractivity contribution >= 4 is 74.3 Å². The molecule has 6 nitrogen and oxygen atoms in total. The van der Waals surface area contributed by atoms with Gasteiger partial charge in [0.2, 0.25) is 0 Å². The molecular weight excluding hydrogens is 493 g/mol. The van der Waals surface area contributed by atoms with Crippen molar-refractivity contribution in [1.82, 2.24) is 9.47 Å². The van der Waals surface area contributed by atoms with Gasteiger partial charge >= 0.3 is 5.97 Å². The number of thiophene rings is 1. The van der Waals surface area contributed by atoms with Gasteiger partial charge in [-0.3, -0.25) is 9.36 Å². The van der Waals surface area contributed by atoms with Gasteiger partial charge in [-0.25, -0.2) is 9.79 Å². The predicted octanol–water partition coefficient (Wildman–Crippen LogP) is 6.21. The molecule has 1 fully saturated rings. The van der Waals surface area contributed by atoms with Gasteiger partial charge in [0.1, 0.15) is 15.4 Å². The predicted molar refractivity (Wildman–Crippen MR) is 142 cm³/mol. The quantitative estimate of drug-likeness (QED) is 0.184. The van der Waals surface area contributed by atoms with Crippen molar-refractivity contribution in [3.63, 3.8) is 0 Å². The summed E-state index contributed by atoms with van der Waals surface area (Å²) in [6, 6.07) is 14.6. The van der Waals surface area contributed by atoms with Crippen LogP contribution in [0.15, 0.2) is 58.3 Å². The van der Waals surface area contributed by atoms with E-state index in [9.17, 15) is 9.59 Å². The van der Waals surface area contributed by atoms with E-state index in [-0.39, 0.29) is 18.0 Å². The van der Waals surface area contributed by atoms with Crippen LogP contribution in [0.4, 0.5) is 5.69 Å². The number of hydrogen-bond donors (Lipinski definition) is 0. The number of halogens is 2. The largest absolute Gasteiger partial charge is 0.465 e. The monoisotopic (exact) mass is 515 g/mol. The first-order valence-corrected chi connectivity index (χ1v) is 12.0. The average molecular weight is 516 g/mol. The van der Waals surface area contributed by atoms with Crippen molar-refractivity contribution in [2.45, 2.75) is 19.3 Å². The van der Waals surface area contributed by atoms with Crippen molar-refractivity contribution in [1.29, 1.82) is 0 Å². The lowest BCUT2D eigenvalue weighted by Gasteiger charge is -2.23. The topological polar surface area (TPSA) is 63.9 Å². The van der Waals surface area contributed by atoms with Gasteiger partial charge in [-0.1, -0.05) is 41.9 Å². The van der Waals surface area contributed by atoms with Crippen molar-refractivity contribution in [3.05, 3.63) is 68.8 Å². The van der Waals surface area contributed by atoms with Crippen LogP contribution in [0.5, 0.6) is 0 Å². The number of hydrogen-bond acceptors (Lipinski definition) is 5. The standard InChI is InChI=1S/C25H22ClN3O3S.ClH/c1-32-25(31)22-21(27-15-28-13-7-2-8-14-28)20-16-9-3-4-10-17(16)23(30)29(24(20)33-22)19-12-6-5-11-18(19)26;/h3-6,9-12,15H,2,7-8,13-14H2,1H3;1H. The number of piperidine rings is 1. The summed E-state index contributed by atoms with van der Waals surface area (Å²) in [5.41, 5.74) is 0.879. The third kappa shape index (κ3) is 4.19. The summed E-state index contributed by atoms with van der Waals surface area (Å²) in [4.78, 5) is 34.3. The number of benzene rings is 2. The van der Waals surface area contributed by atoms with Gasteiger partial charge in [0.25, 0.3) is 5.56 Å². The zero-order chi connectivity index (χ0) is 22.9. The van der Waals surface area contributed by atoms with E-state index in [0.717, 1.165) is 36.7 Å². The molecule has 5 rings (SSSR count). The summed E-state index contributed by atoms with van der Waals surface area (Å²) >= 11 is 7.70. The lowest BCUT2D eigenvalue weighted by Crippen LogP contribution is -2.28. The number of esters is 1. The number of pyridine rings is 1. The number of carbonyl (C=O) groups is 1. The first kappa shape index (κ1) is 24.3. The Morgan fingerprint density at radius 3 is 2.44 bits per heavy atom. The maximum absolute atomic E-state index is 13.6. The number of aromatic nitrogens is 1. The van der Waals surface area contributed by atoms with Gasteiger partial charge in [-0.15, -0.1) is 23.7 Å². The van der Waals surface area contributed by atoms with E-state index in [1.54, 1.807) is 22.8 Å². The number of carbonyl (C=O) groups excluding carboxylic acids is 1. The van der Waals surface area contributed by atoms with Crippen LogP contribution in [0.3, 0.4) is 0 Å². The van der Waals surface area contributed by atoms with Crippen LogP contribution in [-0.2, 0) is 4.74 Å². The molecule has 0 atom stereocenters. The highest BCUT2D eigenvalue weighted by Crippen LogP contribution is 2.42. The van der Waals surface area contributed by atoms with Crippen molar-refractivity contribution in [3.8, 4) is 5.69 Å².